The molecule has 1 saturated heterocycles. The molecule has 2 N–H and O–H groups in total. The first kappa shape index (κ1) is 14.4. The third-order valence-electron chi connectivity index (χ3n) is 4.90. The molecule has 1 fully saturated rings. The summed E-state index contributed by atoms with van der Waals surface area (Å²) in [6.07, 6.45) is 6.49. The van der Waals surface area contributed by atoms with Crippen molar-refractivity contribution in [1.82, 2.24) is 10.2 Å². The first-order valence-corrected chi connectivity index (χ1v) is 8.00. The predicted octanol–water partition coefficient (Wildman–Crippen LogP) is 2.37. The molecular formula is C17H24N2O2. The molecule has 4 heteroatoms. The predicted molar refractivity (Wildman–Crippen MR) is 82.2 cm³/mol. The molecule has 1 aromatic rings. The van der Waals surface area contributed by atoms with Crippen LogP contribution in [0.5, 0.6) is 5.75 Å². The average molecular weight is 288 g/mol. The van der Waals surface area contributed by atoms with Crippen LogP contribution >= 0.6 is 0 Å². The van der Waals surface area contributed by atoms with Crippen LogP contribution in [0.4, 0.5) is 0 Å². The number of likely N-dealkylation sites (N-methyl/N-ethyl adjacent to an activating group) is 1. The number of benzene rings is 1. The Balaban J connectivity index is 1.91. The smallest absolute Gasteiger partial charge is 0.237 e. The molecule has 2 atom stereocenters. The van der Waals surface area contributed by atoms with Crippen LogP contribution in [0.1, 0.15) is 49.3 Å². The van der Waals surface area contributed by atoms with Crippen molar-refractivity contribution in [3.63, 3.8) is 0 Å². The van der Waals surface area contributed by atoms with Gasteiger partial charge in [-0.05, 0) is 61.9 Å². The topological polar surface area (TPSA) is 52.6 Å². The van der Waals surface area contributed by atoms with Crippen molar-refractivity contribution in [3.8, 4) is 5.75 Å². The number of fused-ring (bicyclic) bond motifs is 1. The SMILES string of the molecule is CNC(=O)C1CCCCN1C1CCCc2cc(O)ccc21. The van der Waals surface area contributed by atoms with Gasteiger partial charge in [-0.15, -0.1) is 0 Å². The number of likely N-dealkylation sites (tertiary alicyclic amines) is 1. The average Bonchev–Trinajstić information content (AvgIpc) is 2.53. The van der Waals surface area contributed by atoms with E-state index in [1.807, 2.05) is 12.1 Å². The fourth-order valence-corrected chi connectivity index (χ4v) is 3.89. The van der Waals surface area contributed by atoms with Gasteiger partial charge < -0.3 is 10.4 Å². The van der Waals surface area contributed by atoms with E-state index >= 15 is 0 Å². The summed E-state index contributed by atoms with van der Waals surface area (Å²) >= 11 is 0. The van der Waals surface area contributed by atoms with E-state index in [1.165, 1.54) is 11.1 Å². The molecule has 0 aromatic heterocycles. The summed E-state index contributed by atoms with van der Waals surface area (Å²) < 4.78 is 0. The summed E-state index contributed by atoms with van der Waals surface area (Å²) in [6, 6.07) is 6.02. The zero-order valence-electron chi connectivity index (χ0n) is 12.6. The van der Waals surface area contributed by atoms with Gasteiger partial charge in [0.1, 0.15) is 5.75 Å². The maximum atomic E-state index is 12.2. The molecule has 2 aliphatic rings. The number of aryl methyl sites for hydroxylation is 1. The van der Waals surface area contributed by atoms with Crippen molar-refractivity contribution in [2.75, 3.05) is 13.6 Å². The fourth-order valence-electron chi connectivity index (χ4n) is 3.89. The van der Waals surface area contributed by atoms with E-state index in [4.69, 9.17) is 0 Å². The second-order valence-electron chi connectivity index (χ2n) is 6.15. The Morgan fingerprint density at radius 1 is 1.29 bits per heavy atom. The van der Waals surface area contributed by atoms with E-state index in [-0.39, 0.29) is 11.9 Å². The van der Waals surface area contributed by atoms with Gasteiger partial charge in [0.05, 0.1) is 6.04 Å². The molecule has 0 radical (unpaired) electrons. The van der Waals surface area contributed by atoms with Crippen LogP contribution in [0.25, 0.3) is 0 Å². The van der Waals surface area contributed by atoms with Crippen molar-refractivity contribution >= 4 is 5.91 Å². The highest BCUT2D eigenvalue weighted by molar-refractivity contribution is 5.81. The number of phenols is 1. The Labute approximate surface area is 126 Å². The van der Waals surface area contributed by atoms with Crippen LogP contribution in [-0.4, -0.2) is 35.5 Å². The number of hydrogen-bond acceptors (Lipinski definition) is 3. The normalized spacial score (nSPS) is 26.1. The van der Waals surface area contributed by atoms with Gasteiger partial charge in [-0.25, -0.2) is 0 Å². The Morgan fingerprint density at radius 3 is 2.95 bits per heavy atom. The van der Waals surface area contributed by atoms with Crippen molar-refractivity contribution < 1.29 is 9.90 Å². The van der Waals surface area contributed by atoms with Crippen LogP contribution in [0.15, 0.2) is 18.2 Å². The Hall–Kier alpha value is -1.55. The molecule has 1 aromatic carbocycles. The highest BCUT2D eigenvalue weighted by Crippen LogP contribution is 2.38. The molecule has 114 valence electrons. The van der Waals surface area contributed by atoms with E-state index in [0.717, 1.165) is 45.1 Å². The van der Waals surface area contributed by atoms with Gasteiger partial charge >= 0.3 is 0 Å². The molecule has 1 aliphatic heterocycles. The first-order chi connectivity index (χ1) is 10.2. The van der Waals surface area contributed by atoms with Gasteiger partial charge in [0.15, 0.2) is 0 Å². The zero-order valence-corrected chi connectivity index (χ0v) is 12.6. The highest BCUT2D eigenvalue weighted by Gasteiger charge is 2.35. The number of aromatic hydroxyl groups is 1. The van der Waals surface area contributed by atoms with Crippen molar-refractivity contribution in [2.45, 2.75) is 50.6 Å². The van der Waals surface area contributed by atoms with Gasteiger partial charge in [0.2, 0.25) is 5.91 Å². The Bertz CT molecular complexity index is 530. The summed E-state index contributed by atoms with van der Waals surface area (Å²) in [5.41, 5.74) is 2.54. The van der Waals surface area contributed by atoms with Gasteiger partial charge in [-0.3, -0.25) is 9.69 Å². The molecule has 21 heavy (non-hydrogen) atoms. The van der Waals surface area contributed by atoms with Crippen LogP contribution in [0, 0.1) is 0 Å². The van der Waals surface area contributed by atoms with Crippen molar-refractivity contribution in [2.24, 2.45) is 0 Å². The van der Waals surface area contributed by atoms with Crippen LogP contribution in [0.3, 0.4) is 0 Å². The largest absolute Gasteiger partial charge is 0.508 e. The van der Waals surface area contributed by atoms with E-state index < -0.39 is 0 Å². The van der Waals surface area contributed by atoms with Crippen LogP contribution in [-0.2, 0) is 11.2 Å². The highest BCUT2D eigenvalue weighted by atomic mass is 16.3. The Kier molecular flexibility index (Phi) is 4.15. The second kappa shape index (κ2) is 6.06. The fraction of sp³-hybridized carbons (Fsp3) is 0.588. The number of amides is 1. The summed E-state index contributed by atoms with van der Waals surface area (Å²) in [5.74, 6) is 0.483. The maximum absolute atomic E-state index is 12.2. The quantitative estimate of drug-likeness (QED) is 0.878. The van der Waals surface area contributed by atoms with E-state index in [0.29, 0.717) is 11.8 Å². The molecule has 1 aliphatic carbocycles. The standard InChI is InChI=1S/C17H24N2O2/c1-18-17(21)16-6-2-3-10-19(16)15-7-4-5-12-11-13(20)8-9-14(12)15/h8-9,11,15-16,20H,2-7,10H2,1H3,(H,18,21). The minimum absolute atomic E-state index is 0.00602. The van der Waals surface area contributed by atoms with Gasteiger partial charge in [-0.1, -0.05) is 12.5 Å². The lowest BCUT2D eigenvalue weighted by molar-refractivity contribution is -0.128. The molecule has 0 saturated carbocycles. The second-order valence-corrected chi connectivity index (χ2v) is 6.15. The molecule has 1 heterocycles. The molecule has 0 bridgehead atoms. The van der Waals surface area contributed by atoms with E-state index in [2.05, 4.69) is 10.2 Å². The zero-order chi connectivity index (χ0) is 14.8. The lowest BCUT2D eigenvalue weighted by atomic mass is 9.84. The molecular weight excluding hydrogens is 264 g/mol. The number of carbonyl (C=O) groups excluding carboxylic acids is 1. The third kappa shape index (κ3) is 2.77. The molecule has 1 amide bonds. The summed E-state index contributed by atoms with van der Waals surface area (Å²) in [6.45, 7) is 0.989. The summed E-state index contributed by atoms with van der Waals surface area (Å²) in [7, 11) is 1.72. The number of nitrogens with zero attached hydrogens (tertiary/aromatic N) is 1. The van der Waals surface area contributed by atoms with E-state index in [1.54, 1.807) is 13.1 Å². The van der Waals surface area contributed by atoms with Gasteiger partial charge in [0.25, 0.3) is 0 Å². The molecule has 2 unspecified atom stereocenters. The molecule has 0 spiro atoms. The van der Waals surface area contributed by atoms with Gasteiger partial charge in [0, 0.05) is 13.1 Å². The third-order valence-corrected chi connectivity index (χ3v) is 4.90. The van der Waals surface area contributed by atoms with E-state index in [9.17, 15) is 9.90 Å². The summed E-state index contributed by atoms with van der Waals surface area (Å²) in [4.78, 5) is 14.6. The van der Waals surface area contributed by atoms with Crippen LogP contribution in [0.2, 0.25) is 0 Å². The summed E-state index contributed by atoms with van der Waals surface area (Å²) in [5, 5.41) is 12.5. The van der Waals surface area contributed by atoms with Crippen LogP contribution < -0.4 is 5.32 Å². The minimum Gasteiger partial charge on any atom is -0.508 e. The van der Waals surface area contributed by atoms with Crippen molar-refractivity contribution in [1.29, 1.82) is 0 Å². The number of hydrogen-bond donors (Lipinski definition) is 2. The lowest BCUT2D eigenvalue weighted by Crippen LogP contribution is -2.50. The molecule has 4 nitrogen and oxygen atoms in total. The number of nitrogens with one attached hydrogen (secondary N) is 1. The molecule has 3 rings (SSSR count). The maximum Gasteiger partial charge on any atom is 0.237 e. The van der Waals surface area contributed by atoms with Crippen molar-refractivity contribution in [3.05, 3.63) is 29.3 Å². The number of carbonyl (C=O) groups is 1. The minimum atomic E-state index is -0.00602. The number of piperidine rings is 1. The monoisotopic (exact) mass is 288 g/mol. The first-order valence-electron chi connectivity index (χ1n) is 8.00. The number of phenolic OH excluding ortho intramolecular Hbond substituents is 1. The number of rotatable bonds is 2. The van der Waals surface area contributed by atoms with Gasteiger partial charge in [-0.2, -0.15) is 0 Å². The Morgan fingerprint density at radius 2 is 2.14 bits per heavy atom. The lowest BCUT2D eigenvalue weighted by Gasteiger charge is -2.42.